The Balaban J connectivity index is 1.94. The van der Waals surface area contributed by atoms with Crippen LogP contribution in [0.4, 0.5) is 0 Å². The van der Waals surface area contributed by atoms with Gasteiger partial charge >= 0.3 is 0 Å². The lowest BCUT2D eigenvalue weighted by Crippen LogP contribution is -2.30. The molecular formula is C10H19B. The Morgan fingerprint density at radius 3 is 2.36 bits per heavy atom. The first-order chi connectivity index (χ1) is 5.38. The molecule has 2 atom stereocenters. The van der Waals surface area contributed by atoms with Crippen molar-refractivity contribution in [3.63, 3.8) is 0 Å². The monoisotopic (exact) mass is 150 g/mol. The molecule has 1 saturated heterocycles. The Morgan fingerprint density at radius 2 is 1.82 bits per heavy atom. The van der Waals surface area contributed by atoms with Gasteiger partial charge in [0, 0.05) is 0 Å². The summed E-state index contributed by atoms with van der Waals surface area (Å²) >= 11 is 0. The van der Waals surface area contributed by atoms with Gasteiger partial charge in [-0.1, -0.05) is 45.1 Å². The van der Waals surface area contributed by atoms with Crippen molar-refractivity contribution >= 4 is 6.71 Å². The standard InChI is InChI=1S/C10H19B/c1-2-11-7-9-4-3-5-10(6-9)8-11/h9-10H,2-8H2,1H3. The third kappa shape index (κ3) is 1.63. The lowest BCUT2D eigenvalue weighted by Gasteiger charge is -2.37. The van der Waals surface area contributed by atoms with Gasteiger partial charge in [0.2, 0.25) is 0 Å². The highest BCUT2D eigenvalue weighted by Gasteiger charge is 2.32. The van der Waals surface area contributed by atoms with Crippen molar-refractivity contribution < 1.29 is 0 Å². The summed E-state index contributed by atoms with van der Waals surface area (Å²) in [7, 11) is 0. The van der Waals surface area contributed by atoms with Crippen molar-refractivity contribution in [2.45, 2.75) is 51.6 Å². The van der Waals surface area contributed by atoms with Crippen molar-refractivity contribution in [3.8, 4) is 0 Å². The molecule has 0 spiro atoms. The van der Waals surface area contributed by atoms with E-state index in [1.54, 1.807) is 31.9 Å². The zero-order valence-corrected chi connectivity index (χ0v) is 7.68. The first kappa shape index (κ1) is 7.70. The van der Waals surface area contributed by atoms with E-state index >= 15 is 0 Å². The van der Waals surface area contributed by atoms with Crippen LogP contribution in [0, 0.1) is 11.8 Å². The fourth-order valence-corrected chi connectivity index (χ4v) is 3.20. The van der Waals surface area contributed by atoms with Gasteiger partial charge in [0.1, 0.15) is 6.71 Å². The molecule has 0 radical (unpaired) electrons. The summed E-state index contributed by atoms with van der Waals surface area (Å²) in [5, 5.41) is 0. The summed E-state index contributed by atoms with van der Waals surface area (Å²) < 4.78 is 0. The number of fused-ring (bicyclic) bond motifs is 2. The average molecular weight is 150 g/mol. The van der Waals surface area contributed by atoms with Crippen LogP contribution in [0.3, 0.4) is 0 Å². The lowest BCUT2D eigenvalue weighted by molar-refractivity contribution is 0.281. The molecule has 2 aliphatic rings. The van der Waals surface area contributed by atoms with Crippen LogP contribution in [0.1, 0.15) is 32.6 Å². The molecule has 2 rings (SSSR count). The highest BCUT2D eigenvalue weighted by molar-refractivity contribution is 6.59. The van der Waals surface area contributed by atoms with Gasteiger partial charge in [0.15, 0.2) is 0 Å². The summed E-state index contributed by atoms with van der Waals surface area (Å²) in [5.41, 5.74) is 0. The predicted octanol–water partition coefficient (Wildman–Crippen LogP) is 3.32. The second-order valence-electron chi connectivity index (χ2n) is 4.64. The SMILES string of the molecule is CCB1CC2CCCC(C1)C2. The lowest BCUT2D eigenvalue weighted by atomic mass is 9.35. The largest absolute Gasteiger partial charge is 0.140 e. The maximum absolute atomic E-state index is 2.37. The van der Waals surface area contributed by atoms with Gasteiger partial charge in [-0.05, 0) is 18.3 Å². The number of hydrogen-bond donors (Lipinski definition) is 0. The first-order valence-electron chi connectivity index (χ1n) is 5.38. The Morgan fingerprint density at radius 1 is 1.18 bits per heavy atom. The third-order valence-electron chi connectivity index (χ3n) is 3.80. The molecule has 1 heteroatoms. The van der Waals surface area contributed by atoms with E-state index in [-0.39, 0.29) is 0 Å². The summed E-state index contributed by atoms with van der Waals surface area (Å²) in [6.07, 6.45) is 10.8. The van der Waals surface area contributed by atoms with Crippen LogP contribution in [0.2, 0.25) is 19.0 Å². The summed E-state index contributed by atoms with van der Waals surface area (Å²) in [4.78, 5) is 0. The van der Waals surface area contributed by atoms with Crippen LogP contribution < -0.4 is 0 Å². The van der Waals surface area contributed by atoms with Gasteiger partial charge in [0.25, 0.3) is 0 Å². The first-order valence-corrected chi connectivity index (χ1v) is 5.38. The van der Waals surface area contributed by atoms with Gasteiger partial charge in [-0.2, -0.15) is 0 Å². The molecule has 62 valence electrons. The molecule has 0 aromatic heterocycles. The van der Waals surface area contributed by atoms with Crippen LogP contribution in [0.15, 0.2) is 0 Å². The zero-order chi connectivity index (χ0) is 7.68. The van der Waals surface area contributed by atoms with Crippen molar-refractivity contribution in [2.75, 3.05) is 0 Å². The van der Waals surface area contributed by atoms with E-state index in [9.17, 15) is 0 Å². The van der Waals surface area contributed by atoms with Crippen LogP contribution in [-0.2, 0) is 0 Å². The molecule has 1 aliphatic heterocycles. The summed E-state index contributed by atoms with van der Waals surface area (Å²) in [5.74, 6) is 2.26. The van der Waals surface area contributed by atoms with Gasteiger partial charge in [-0.15, -0.1) is 0 Å². The number of rotatable bonds is 1. The summed E-state index contributed by atoms with van der Waals surface area (Å²) in [6, 6.07) is 0. The van der Waals surface area contributed by atoms with Gasteiger partial charge in [-0.3, -0.25) is 0 Å². The minimum absolute atomic E-state index is 1.10. The minimum Gasteiger partial charge on any atom is -0.0770 e. The quantitative estimate of drug-likeness (QED) is 0.503. The van der Waals surface area contributed by atoms with E-state index < -0.39 is 0 Å². The highest BCUT2D eigenvalue weighted by atomic mass is 14.3. The molecule has 0 aromatic carbocycles. The molecule has 2 unspecified atom stereocenters. The number of hydrogen-bond acceptors (Lipinski definition) is 0. The van der Waals surface area contributed by atoms with E-state index in [1.165, 1.54) is 12.7 Å². The third-order valence-corrected chi connectivity index (χ3v) is 3.80. The smallest absolute Gasteiger partial charge is 0.0770 e. The van der Waals surface area contributed by atoms with E-state index in [0.29, 0.717) is 0 Å². The highest BCUT2D eigenvalue weighted by Crippen LogP contribution is 2.41. The van der Waals surface area contributed by atoms with Gasteiger partial charge in [-0.25, -0.2) is 0 Å². The van der Waals surface area contributed by atoms with Crippen LogP contribution in [0.5, 0.6) is 0 Å². The molecule has 2 fully saturated rings. The van der Waals surface area contributed by atoms with Crippen molar-refractivity contribution in [1.29, 1.82) is 0 Å². The normalized spacial score (nSPS) is 37.4. The van der Waals surface area contributed by atoms with Crippen LogP contribution in [0.25, 0.3) is 0 Å². The molecule has 1 aliphatic carbocycles. The Bertz CT molecular complexity index is 121. The maximum atomic E-state index is 2.37. The van der Waals surface area contributed by atoms with E-state index in [1.807, 2.05) is 0 Å². The van der Waals surface area contributed by atoms with Crippen molar-refractivity contribution in [3.05, 3.63) is 0 Å². The van der Waals surface area contributed by atoms with E-state index in [2.05, 4.69) is 6.92 Å². The van der Waals surface area contributed by atoms with Gasteiger partial charge in [0.05, 0.1) is 0 Å². The Hall–Kier alpha value is 0.0649. The fraction of sp³-hybridized carbons (Fsp3) is 1.00. The van der Waals surface area contributed by atoms with E-state index in [4.69, 9.17) is 0 Å². The fourth-order valence-electron chi connectivity index (χ4n) is 3.20. The molecule has 0 amide bonds. The Kier molecular flexibility index (Phi) is 2.24. The molecule has 0 nitrogen and oxygen atoms in total. The second kappa shape index (κ2) is 3.20. The topological polar surface area (TPSA) is 0 Å². The van der Waals surface area contributed by atoms with Crippen LogP contribution >= 0.6 is 0 Å². The second-order valence-corrected chi connectivity index (χ2v) is 4.64. The molecular weight excluding hydrogens is 131 g/mol. The summed E-state index contributed by atoms with van der Waals surface area (Å²) in [6.45, 7) is 3.46. The molecule has 0 aromatic rings. The predicted molar refractivity (Wildman–Crippen MR) is 51.3 cm³/mol. The van der Waals surface area contributed by atoms with Crippen LogP contribution in [-0.4, -0.2) is 6.71 Å². The van der Waals surface area contributed by atoms with Crippen molar-refractivity contribution in [2.24, 2.45) is 11.8 Å². The molecule has 0 N–H and O–H groups in total. The molecule has 1 heterocycles. The Labute approximate surface area is 70.8 Å². The zero-order valence-electron chi connectivity index (χ0n) is 7.68. The minimum atomic E-state index is 1.10. The maximum Gasteiger partial charge on any atom is 0.140 e. The molecule has 11 heavy (non-hydrogen) atoms. The molecule has 2 bridgehead atoms. The molecule has 1 saturated carbocycles. The van der Waals surface area contributed by atoms with E-state index in [0.717, 1.165) is 18.5 Å². The average Bonchev–Trinajstić information content (AvgIpc) is 2.03. The van der Waals surface area contributed by atoms with Crippen molar-refractivity contribution in [1.82, 2.24) is 0 Å². The van der Waals surface area contributed by atoms with Gasteiger partial charge < -0.3 is 0 Å².